The second kappa shape index (κ2) is 4.16. The summed E-state index contributed by atoms with van der Waals surface area (Å²) >= 11 is 0. The minimum atomic E-state index is -0.576. The lowest BCUT2D eigenvalue weighted by molar-refractivity contribution is 0.663. The van der Waals surface area contributed by atoms with Crippen LogP contribution in [-0.4, -0.2) is 0 Å². The van der Waals surface area contributed by atoms with Gasteiger partial charge in [-0.1, -0.05) is 0 Å². The minimum absolute atomic E-state index is 0.00691. The summed E-state index contributed by atoms with van der Waals surface area (Å²) in [7, 11) is 0. The Morgan fingerprint density at radius 1 is 0.478 bits per heavy atom. The SMILES string of the molecule is Nc1c(N)c(N)c2c(=O)c3c(N)c(N)c(N)c(N)c3oc2c1N. The van der Waals surface area contributed by atoms with E-state index in [0.717, 1.165) is 0 Å². The van der Waals surface area contributed by atoms with Crippen molar-refractivity contribution in [3.63, 3.8) is 0 Å². The fourth-order valence-corrected chi connectivity index (χ4v) is 2.50. The molecule has 23 heavy (non-hydrogen) atoms. The van der Waals surface area contributed by atoms with Crippen LogP contribution in [0.4, 0.5) is 45.5 Å². The van der Waals surface area contributed by atoms with Crippen LogP contribution in [0.25, 0.3) is 21.9 Å². The number of anilines is 8. The van der Waals surface area contributed by atoms with Crippen LogP contribution in [0.2, 0.25) is 0 Å². The van der Waals surface area contributed by atoms with Gasteiger partial charge in [-0.25, -0.2) is 0 Å². The Morgan fingerprint density at radius 3 is 1.13 bits per heavy atom. The van der Waals surface area contributed by atoms with Crippen LogP contribution >= 0.6 is 0 Å². The second-order valence-corrected chi connectivity index (χ2v) is 5.15. The third kappa shape index (κ3) is 1.54. The van der Waals surface area contributed by atoms with Crippen LogP contribution in [0, 0.1) is 0 Å². The molecule has 120 valence electrons. The molecule has 1 aromatic heterocycles. The molecule has 0 bridgehead atoms. The molecule has 0 unspecified atom stereocenters. The van der Waals surface area contributed by atoms with E-state index in [1.165, 1.54) is 0 Å². The summed E-state index contributed by atoms with van der Waals surface area (Å²) in [5.41, 5.74) is 45.8. The van der Waals surface area contributed by atoms with E-state index in [2.05, 4.69) is 0 Å². The molecule has 1 heterocycles. The molecule has 0 fully saturated rings. The van der Waals surface area contributed by atoms with Crippen LogP contribution in [0.5, 0.6) is 0 Å². The average Bonchev–Trinajstić information content (AvgIpc) is 2.53. The molecular weight excluding hydrogens is 300 g/mol. The van der Waals surface area contributed by atoms with Crippen LogP contribution in [-0.2, 0) is 0 Å². The van der Waals surface area contributed by atoms with E-state index in [0.29, 0.717) is 0 Å². The predicted octanol–water partition coefficient (Wildman–Crippen LogP) is -0.396. The van der Waals surface area contributed by atoms with Crippen molar-refractivity contribution >= 4 is 67.4 Å². The minimum Gasteiger partial charge on any atom is -0.451 e. The molecule has 0 aliphatic carbocycles. The molecule has 0 spiro atoms. The highest BCUT2D eigenvalue weighted by Gasteiger charge is 2.23. The number of nitrogens with two attached hydrogens (primary N) is 8. The predicted molar refractivity (Wildman–Crippen MR) is 95.3 cm³/mol. The van der Waals surface area contributed by atoms with E-state index >= 15 is 0 Å². The van der Waals surface area contributed by atoms with Crippen molar-refractivity contribution in [3.8, 4) is 0 Å². The number of hydrogen-bond acceptors (Lipinski definition) is 10. The molecule has 2 aromatic carbocycles. The fraction of sp³-hybridized carbons (Fsp3) is 0. The smallest absolute Gasteiger partial charge is 0.205 e. The molecule has 0 amide bonds. The van der Waals surface area contributed by atoms with Gasteiger partial charge < -0.3 is 50.3 Å². The first-order valence-electron chi connectivity index (χ1n) is 6.42. The van der Waals surface area contributed by atoms with Gasteiger partial charge in [0, 0.05) is 0 Å². The van der Waals surface area contributed by atoms with Crippen molar-refractivity contribution in [2.75, 3.05) is 45.9 Å². The Kier molecular flexibility index (Phi) is 2.58. The summed E-state index contributed by atoms with van der Waals surface area (Å²) in [6.45, 7) is 0. The largest absolute Gasteiger partial charge is 0.451 e. The van der Waals surface area contributed by atoms with Crippen molar-refractivity contribution < 1.29 is 4.42 Å². The van der Waals surface area contributed by atoms with Crippen molar-refractivity contribution in [3.05, 3.63) is 10.2 Å². The fourth-order valence-electron chi connectivity index (χ4n) is 2.50. The maximum atomic E-state index is 12.8. The molecule has 10 heteroatoms. The van der Waals surface area contributed by atoms with Crippen LogP contribution in [0.1, 0.15) is 0 Å². The van der Waals surface area contributed by atoms with Gasteiger partial charge in [0.15, 0.2) is 11.2 Å². The van der Waals surface area contributed by atoms with Crippen LogP contribution in [0.3, 0.4) is 0 Å². The third-order valence-electron chi connectivity index (χ3n) is 3.88. The first-order valence-corrected chi connectivity index (χ1v) is 6.42. The van der Waals surface area contributed by atoms with Gasteiger partial charge in [-0.05, 0) is 0 Å². The first kappa shape index (κ1) is 14.3. The van der Waals surface area contributed by atoms with Crippen molar-refractivity contribution in [2.45, 2.75) is 0 Å². The Labute approximate surface area is 128 Å². The van der Waals surface area contributed by atoms with Crippen molar-refractivity contribution in [1.29, 1.82) is 0 Å². The number of benzene rings is 2. The molecule has 0 saturated carbocycles. The number of hydrogen-bond donors (Lipinski definition) is 8. The van der Waals surface area contributed by atoms with Gasteiger partial charge >= 0.3 is 0 Å². The van der Waals surface area contributed by atoms with Gasteiger partial charge in [0.25, 0.3) is 0 Å². The van der Waals surface area contributed by atoms with Crippen molar-refractivity contribution in [1.82, 2.24) is 0 Å². The van der Waals surface area contributed by atoms with Gasteiger partial charge in [0.1, 0.15) is 11.4 Å². The standard InChI is InChI=1S/C13H16N8O2/c14-3-1-11(22)2-4(15)6(17)8(19)10(21)13(2)23-12(1)9(20)7(18)5(3)16/h14-21H2. The molecule has 16 N–H and O–H groups in total. The third-order valence-corrected chi connectivity index (χ3v) is 3.88. The summed E-state index contributed by atoms with van der Waals surface area (Å²) in [6, 6.07) is 0. The van der Waals surface area contributed by atoms with Gasteiger partial charge in [-0.2, -0.15) is 0 Å². The monoisotopic (exact) mass is 316 g/mol. The van der Waals surface area contributed by atoms with E-state index in [-0.39, 0.29) is 67.4 Å². The lowest BCUT2D eigenvalue weighted by Gasteiger charge is -2.15. The van der Waals surface area contributed by atoms with Gasteiger partial charge in [0.05, 0.1) is 44.9 Å². The molecular formula is C13H16N8O2. The molecule has 0 aliphatic rings. The molecule has 0 aliphatic heterocycles. The molecule has 3 rings (SSSR count). The normalized spacial score (nSPS) is 11.3. The Hall–Kier alpha value is -3.69. The molecule has 3 aromatic rings. The number of fused-ring (bicyclic) bond motifs is 2. The topological polar surface area (TPSA) is 238 Å². The highest BCUT2D eigenvalue weighted by atomic mass is 16.3. The average molecular weight is 316 g/mol. The van der Waals surface area contributed by atoms with E-state index in [1.807, 2.05) is 0 Å². The molecule has 0 atom stereocenters. The van der Waals surface area contributed by atoms with Gasteiger partial charge in [-0.3, -0.25) is 4.79 Å². The Balaban J connectivity index is 2.77. The quantitative estimate of drug-likeness (QED) is 0.197. The van der Waals surface area contributed by atoms with E-state index in [9.17, 15) is 4.79 Å². The summed E-state index contributed by atoms with van der Waals surface area (Å²) in [5, 5.41) is -0.0889. The van der Waals surface area contributed by atoms with E-state index < -0.39 is 5.43 Å². The summed E-state index contributed by atoms with van der Waals surface area (Å²) in [4.78, 5) is 12.8. The molecule has 0 radical (unpaired) electrons. The Bertz CT molecular complexity index is 989. The highest BCUT2D eigenvalue weighted by molar-refractivity contribution is 6.16. The highest BCUT2D eigenvalue weighted by Crippen LogP contribution is 2.42. The first-order chi connectivity index (χ1) is 10.7. The van der Waals surface area contributed by atoms with E-state index in [1.54, 1.807) is 0 Å². The maximum absolute atomic E-state index is 12.8. The van der Waals surface area contributed by atoms with E-state index in [4.69, 9.17) is 50.3 Å². The van der Waals surface area contributed by atoms with Gasteiger partial charge in [0.2, 0.25) is 5.43 Å². The zero-order chi connectivity index (χ0) is 17.2. The Morgan fingerprint density at radius 2 is 0.783 bits per heavy atom. The summed E-state index contributed by atoms with van der Waals surface area (Å²) < 4.78 is 5.64. The zero-order valence-electron chi connectivity index (χ0n) is 11.9. The van der Waals surface area contributed by atoms with Gasteiger partial charge in [-0.15, -0.1) is 0 Å². The van der Waals surface area contributed by atoms with Crippen molar-refractivity contribution in [2.24, 2.45) is 0 Å². The zero-order valence-corrected chi connectivity index (χ0v) is 11.9. The lowest BCUT2D eigenvalue weighted by atomic mass is 10.0. The number of nitrogen functional groups attached to an aromatic ring is 8. The molecule has 0 saturated heterocycles. The summed E-state index contributed by atoms with van der Waals surface area (Å²) in [6.07, 6.45) is 0. The second-order valence-electron chi connectivity index (χ2n) is 5.15. The summed E-state index contributed by atoms with van der Waals surface area (Å²) in [5.74, 6) is 0. The van der Waals surface area contributed by atoms with Crippen LogP contribution in [0.15, 0.2) is 9.21 Å². The van der Waals surface area contributed by atoms with Crippen LogP contribution < -0.4 is 51.3 Å². The number of rotatable bonds is 0. The maximum Gasteiger partial charge on any atom is 0.205 e. The lowest BCUT2D eigenvalue weighted by Crippen LogP contribution is -2.14. The molecule has 10 nitrogen and oxygen atoms in total.